The van der Waals surface area contributed by atoms with Gasteiger partial charge < -0.3 is 10.4 Å². The molecule has 0 aromatic heterocycles. The molecule has 4 heteroatoms. The molecule has 94 valence electrons. The molecule has 0 saturated carbocycles. The van der Waals surface area contributed by atoms with Crippen LogP contribution in [-0.2, 0) is 0 Å². The van der Waals surface area contributed by atoms with E-state index in [1.54, 1.807) is 12.1 Å². The molecule has 1 amide bonds. The van der Waals surface area contributed by atoms with Gasteiger partial charge in [-0.2, -0.15) is 0 Å². The SMILES string of the molecule is CCC(Br)CCNC(=O)c1ccc(O)cc1C. The summed E-state index contributed by atoms with van der Waals surface area (Å²) in [5.41, 5.74) is 1.40. The number of phenolic OH excluding ortho intramolecular Hbond substituents is 1. The second-order valence-electron chi connectivity index (χ2n) is 4.05. The third-order valence-electron chi connectivity index (χ3n) is 2.64. The summed E-state index contributed by atoms with van der Waals surface area (Å²) in [5, 5.41) is 12.1. The molecule has 1 unspecified atom stereocenters. The normalized spacial score (nSPS) is 12.2. The van der Waals surface area contributed by atoms with E-state index < -0.39 is 0 Å². The molecule has 1 aromatic carbocycles. The number of rotatable bonds is 5. The molecule has 0 fully saturated rings. The molecule has 17 heavy (non-hydrogen) atoms. The Morgan fingerprint density at radius 1 is 1.53 bits per heavy atom. The van der Waals surface area contributed by atoms with Crippen LogP contribution in [0.3, 0.4) is 0 Å². The number of hydrogen-bond donors (Lipinski definition) is 2. The van der Waals surface area contributed by atoms with Gasteiger partial charge in [0, 0.05) is 16.9 Å². The van der Waals surface area contributed by atoms with Crippen molar-refractivity contribution in [3.8, 4) is 5.75 Å². The molecule has 0 saturated heterocycles. The molecule has 0 bridgehead atoms. The van der Waals surface area contributed by atoms with Crippen molar-refractivity contribution in [3.63, 3.8) is 0 Å². The van der Waals surface area contributed by atoms with Gasteiger partial charge in [-0.15, -0.1) is 0 Å². The van der Waals surface area contributed by atoms with E-state index in [9.17, 15) is 9.90 Å². The summed E-state index contributed by atoms with van der Waals surface area (Å²) in [6.07, 6.45) is 1.97. The highest BCUT2D eigenvalue weighted by Crippen LogP contribution is 2.15. The molecule has 1 aromatic rings. The molecule has 0 radical (unpaired) electrons. The average molecular weight is 300 g/mol. The smallest absolute Gasteiger partial charge is 0.251 e. The molecule has 0 aliphatic heterocycles. The Bertz CT molecular complexity index is 393. The van der Waals surface area contributed by atoms with Gasteiger partial charge in [-0.05, 0) is 43.5 Å². The molecule has 1 rings (SSSR count). The maximum Gasteiger partial charge on any atom is 0.251 e. The Labute approximate surface area is 110 Å². The molecule has 1 atom stereocenters. The zero-order chi connectivity index (χ0) is 12.8. The summed E-state index contributed by atoms with van der Waals surface area (Å²) in [6, 6.07) is 4.76. The molecule has 3 nitrogen and oxygen atoms in total. The van der Waals surface area contributed by atoms with Gasteiger partial charge in [0.1, 0.15) is 5.75 Å². The predicted molar refractivity (Wildman–Crippen MR) is 72.8 cm³/mol. The van der Waals surface area contributed by atoms with Gasteiger partial charge in [0.15, 0.2) is 0 Å². The Hall–Kier alpha value is -1.03. The van der Waals surface area contributed by atoms with Crippen molar-refractivity contribution in [2.45, 2.75) is 31.5 Å². The summed E-state index contributed by atoms with van der Waals surface area (Å²) >= 11 is 3.52. The first kappa shape index (κ1) is 14.0. The molecule has 0 aliphatic rings. The van der Waals surface area contributed by atoms with Crippen molar-refractivity contribution in [2.24, 2.45) is 0 Å². The van der Waals surface area contributed by atoms with Crippen molar-refractivity contribution in [1.29, 1.82) is 0 Å². The number of carbonyl (C=O) groups excluding carboxylic acids is 1. The fourth-order valence-electron chi connectivity index (χ4n) is 1.54. The standard InChI is InChI=1S/C13H18BrNO2/c1-3-10(14)6-7-15-13(17)12-5-4-11(16)8-9(12)2/h4-5,8,10,16H,3,6-7H2,1-2H3,(H,15,17). The lowest BCUT2D eigenvalue weighted by Gasteiger charge is -2.10. The van der Waals surface area contributed by atoms with E-state index in [4.69, 9.17) is 0 Å². The van der Waals surface area contributed by atoms with Crippen molar-refractivity contribution in [2.75, 3.05) is 6.54 Å². The summed E-state index contributed by atoms with van der Waals surface area (Å²) < 4.78 is 0. The van der Waals surface area contributed by atoms with Crippen LogP contribution in [0.4, 0.5) is 0 Å². The molecular weight excluding hydrogens is 282 g/mol. The van der Waals surface area contributed by atoms with Crippen LogP contribution in [0.1, 0.15) is 35.7 Å². The minimum atomic E-state index is -0.0849. The molecule has 0 spiro atoms. The lowest BCUT2D eigenvalue weighted by Crippen LogP contribution is -2.26. The monoisotopic (exact) mass is 299 g/mol. The molecule has 2 N–H and O–H groups in total. The van der Waals surface area contributed by atoms with Crippen LogP contribution in [0.25, 0.3) is 0 Å². The molecule has 0 aliphatic carbocycles. The predicted octanol–water partition coefficient (Wildman–Crippen LogP) is 2.99. The highest BCUT2D eigenvalue weighted by Gasteiger charge is 2.09. The van der Waals surface area contributed by atoms with Gasteiger partial charge in [0.05, 0.1) is 0 Å². The number of hydrogen-bond acceptors (Lipinski definition) is 2. The summed E-state index contributed by atoms with van der Waals surface area (Å²) in [6.45, 7) is 4.57. The van der Waals surface area contributed by atoms with E-state index in [1.165, 1.54) is 6.07 Å². The number of aromatic hydroxyl groups is 1. The van der Waals surface area contributed by atoms with E-state index in [2.05, 4.69) is 28.2 Å². The first-order chi connectivity index (χ1) is 8.04. The molecule has 0 heterocycles. The first-order valence-electron chi connectivity index (χ1n) is 5.76. The Morgan fingerprint density at radius 2 is 2.24 bits per heavy atom. The van der Waals surface area contributed by atoms with Crippen LogP contribution in [-0.4, -0.2) is 22.4 Å². The van der Waals surface area contributed by atoms with Crippen LogP contribution in [0, 0.1) is 6.92 Å². The minimum absolute atomic E-state index is 0.0849. The third-order valence-corrected chi connectivity index (χ3v) is 3.75. The number of halogens is 1. The zero-order valence-corrected chi connectivity index (χ0v) is 11.8. The Kier molecular flexibility index (Phi) is 5.48. The number of nitrogens with one attached hydrogen (secondary N) is 1. The van der Waals surface area contributed by atoms with E-state index in [0.717, 1.165) is 18.4 Å². The Morgan fingerprint density at radius 3 is 2.82 bits per heavy atom. The fraction of sp³-hybridized carbons (Fsp3) is 0.462. The second kappa shape index (κ2) is 6.64. The largest absolute Gasteiger partial charge is 0.508 e. The van der Waals surface area contributed by atoms with Crippen molar-refractivity contribution in [3.05, 3.63) is 29.3 Å². The lowest BCUT2D eigenvalue weighted by atomic mass is 10.1. The van der Waals surface area contributed by atoms with E-state index in [-0.39, 0.29) is 11.7 Å². The van der Waals surface area contributed by atoms with Gasteiger partial charge in [-0.3, -0.25) is 4.79 Å². The lowest BCUT2D eigenvalue weighted by molar-refractivity contribution is 0.0952. The number of phenols is 1. The second-order valence-corrected chi connectivity index (χ2v) is 5.34. The third kappa shape index (κ3) is 4.38. The van der Waals surface area contributed by atoms with Crippen LogP contribution >= 0.6 is 15.9 Å². The summed E-state index contributed by atoms with van der Waals surface area (Å²) in [5.74, 6) is 0.101. The number of amides is 1. The minimum Gasteiger partial charge on any atom is -0.508 e. The van der Waals surface area contributed by atoms with E-state index in [1.807, 2.05) is 6.92 Å². The number of alkyl halides is 1. The van der Waals surface area contributed by atoms with Gasteiger partial charge in [-0.1, -0.05) is 22.9 Å². The van der Waals surface area contributed by atoms with Crippen molar-refractivity contribution < 1.29 is 9.90 Å². The maximum absolute atomic E-state index is 11.8. The van der Waals surface area contributed by atoms with Crippen LogP contribution < -0.4 is 5.32 Å². The van der Waals surface area contributed by atoms with Gasteiger partial charge in [0.25, 0.3) is 5.91 Å². The van der Waals surface area contributed by atoms with Crippen molar-refractivity contribution in [1.82, 2.24) is 5.32 Å². The number of benzene rings is 1. The topological polar surface area (TPSA) is 49.3 Å². The molecular formula is C13H18BrNO2. The van der Waals surface area contributed by atoms with E-state index in [0.29, 0.717) is 16.9 Å². The van der Waals surface area contributed by atoms with Gasteiger partial charge in [-0.25, -0.2) is 0 Å². The quantitative estimate of drug-likeness (QED) is 0.821. The van der Waals surface area contributed by atoms with Crippen LogP contribution in [0.2, 0.25) is 0 Å². The summed E-state index contributed by atoms with van der Waals surface area (Å²) in [7, 11) is 0. The fourth-order valence-corrected chi connectivity index (χ4v) is 1.77. The maximum atomic E-state index is 11.8. The number of aryl methyl sites for hydroxylation is 1. The van der Waals surface area contributed by atoms with Gasteiger partial charge >= 0.3 is 0 Å². The summed E-state index contributed by atoms with van der Waals surface area (Å²) in [4.78, 5) is 12.3. The zero-order valence-electron chi connectivity index (χ0n) is 10.2. The van der Waals surface area contributed by atoms with E-state index >= 15 is 0 Å². The van der Waals surface area contributed by atoms with Gasteiger partial charge in [0.2, 0.25) is 0 Å². The average Bonchev–Trinajstić information content (AvgIpc) is 2.28. The highest BCUT2D eigenvalue weighted by molar-refractivity contribution is 9.09. The first-order valence-corrected chi connectivity index (χ1v) is 6.68. The van der Waals surface area contributed by atoms with Crippen LogP contribution in [0.5, 0.6) is 5.75 Å². The highest BCUT2D eigenvalue weighted by atomic mass is 79.9. The Balaban J connectivity index is 2.52. The van der Waals surface area contributed by atoms with Crippen LogP contribution in [0.15, 0.2) is 18.2 Å². The number of carbonyl (C=O) groups is 1. The van der Waals surface area contributed by atoms with Crippen molar-refractivity contribution >= 4 is 21.8 Å².